The van der Waals surface area contributed by atoms with Crippen molar-refractivity contribution >= 4 is 11.0 Å². The quantitative estimate of drug-likeness (QED) is 0.438. The van der Waals surface area contributed by atoms with Gasteiger partial charge in [0.1, 0.15) is 28.7 Å². The standard InChI is InChI=1S/C22H22O7/c1-11(2)5-6-13-14(9-18(28-4)22(26)21(13)25)15-10-29-17-8-12(27-3)7-16(23)19(17)20(15)24/h5,7-10,23,25-26H,6H2,1-4H3. The van der Waals surface area contributed by atoms with Crippen LogP contribution in [0.15, 0.2) is 45.3 Å². The number of hydrogen-bond donors (Lipinski definition) is 3. The van der Waals surface area contributed by atoms with E-state index >= 15 is 0 Å². The summed E-state index contributed by atoms with van der Waals surface area (Å²) in [6.45, 7) is 3.80. The number of fused-ring (bicyclic) bond motifs is 1. The first-order chi connectivity index (χ1) is 13.8. The van der Waals surface area contributed by atoms with Gasteiger partial charge in [-0.15, -0.1) is 0 Å². The van der Waals surface area contributed by atoms with Crippen molar-refractivity contribution < 1.29 is 29.2 Å². The highest BCUT2D eigenvalue weighted by Gasteiger charge is 2.22. The van der Waals surface area contributed by atoms with Crippen LogP contribution in [0.5, 0.6) is 28.7 Å². The van der Waals surface area contributed by atoms with Crippen LogP contribution < -0.4 is 14.9 Å². The summed E-state index contributed by atoms with van der Waals surface area (Å²) in [5, 5.41) is 31.0. The molecule has 1 aromatic heterocycles. The van der Waals surface area contributed by atoms with Crippen LogP contribution in [0, 0.1) is 0 Å². The smallest absolute Gasteiger partial charge is 0.204 e. The monoisotopic (exact) mass is 398 g/mol. The van der Waals surface area contributed by atoms with Gasteiger partial charge in [0.15, 0.2) is 11.5 Å². The molecule has 0 atom stereocenters. The van der Waals surface area contributed by atoms with Gasteiger partial charge in [-0.1, -0.05) is 11.6 Å². The van der Waals surface area contributed by atoms with Gasteiger partial charge >= 0.3 is 0 Å². The lowest BCUT2D eigenvalue weighted by Gasteiger charge is -2.15. The number of allylic oxidation sites excluding steroid dienone is 2. The summed E-state index contributed by atoms with van der Waals surface area (Å²) in [7, 11) is 2.78. The zero-order chi connectivity index (χ0) is 21.3. The lowest BCUT2D eigenvalue weighted by Crippen LogP contribution is -2.07. The second-order valence-corrected chi connectivity index (χ2v) is 6.79. The van der Waals surface area contributed by atoms with Crippen molar-refractivity contribution in [1.82, 2.24) is 0 Å². The SMILES string of the molecule is COc1cc(O)c2c(=O)c(-c3cc(OC)c(O)c(O)c3CC=C(C)C)coc2c1. The lowest BCUT2D eigenvalue weighted by atomic mass is 9.95. The Labute approximate surface area is 167 Å². The Morgan fingerprint density at radius 2 is 1.76 bits per heavy atom. The number of aromatic hydroxyl groups is 3. The molecule has 7 nitrogen and oxygen atoms in total. The third-order valence-electron chi connectivity index (χ3n) is 4.63. The Morgan fingerprint density at radius 3 is 2.38 bits per heavy atom. The van der Waals surface area contributed by atoms with Gasteiger partial charge in [0.05, 0.1) is 19.8 Å². The van der Waals surface area contributed by atoms with E-state index in [9.17, 15) is 20.1 Å². The molecule has 152 valence electrons. The van der Waals surface area contributed by atoms with E-state index in [1.54, 1.807) is 0 Å². The van der Waals surface area contributed by atoms with E-state index < -0.39 is 11.2 Å². The fourth-order valence-corrected chi connectivity index (χ4v) is 3.09. The van der Waals surface area contributed by atoms with Gasteiger partial charge < -0.3 is 29.2 Å². The topological polar surface area (TPSA) is 109 Å². The van der Waals surface area contributed by atoms with Gasteiger partial charge in [0.25, 0.3) is 0 Å². The Hall–Kier alpha value is -3.61. The summed E-state index contributed by atoms with van der Waals surface area (Å²) in [5.41, 5.74) is 1.46. The highest BCUT2D eigenvalue weighted by molar-refractivity contribution is 5.89. The molecule has 0 unspecified atom stereocenters. The predicted molar refractivity (Wildman–Crippen MR) is 109 cm³/mol. The summed E-state index contributed by atoms with van der Waals surface area (Å²) in [4.78, 5) is 13.2. The molecule has 0 saturated carbocycles. The average Bonchev–Trinajstić information content (AvgIpc) is 2.69. The molecule has 0 spiro atoms. The third-order valence-corrected chi connectivity index (χ3v) is 4.63. The first kappa shape index (κ1) is 20.1. The molecular weight excluding hydrogens is 376 g/mol. The van der Waals surface area contributed by atoms with Crippen LogP contribution in [-0.4, -0.2) is 29.5 Å². The van der Waals surface area contributed by atoms with Gasteiger partial charge in [-0.3, -0.25) is 4.79 Å². The van der Waals surface area contributed by atoms with Crippen molar-refractivity contribution in [2.45, 2.75) is 20.3 Å². The van der Waals surface area contributed by atoms with E-state index in [0.29, 0.717) is 16.9 Å². The molecule has 7 heteroatoms. The van der Waals surface area contributed by atoms with E-state index in [0.717, 1.165) is 5.57 Å². The zero-order valence-electron chi connectivity index (χ0n) is 16.6. The molecule has 0 fully saturated rings. The molecule has 3 rings (SSSR count). The van der Waals surface area contributed by atoms with Crippen LogP contribution in [0.25, 0.3) is 22.1 Å². The molecule has 3 N–H and O–H groups in total. The Bertz CT molecular complexity index is 1170. The van der Waals surface area contributed by atoms with Crippen molar-refractivity contribution in [3.63, 3.8) is 0 Å². The van der Waals surface area contributed by atoms with E-state index in [1.165, 1.54) is 38.7 Å². The van der Waals surface area contributed by atoms with Crippen LogP contribution in [0.4, 0.5) is 0 Å². The number of ether oxygens (including phenoxy) is 2. The maximum absolute atomic E-state index is 13.2. The van der Waals surface area contributed by atoms with E-state index in [2.05, 4.69) is 0 Å². The number of rotatable bonds is 5. The van der Waals surface area contributed by atoms with E-state index in [-0.39, 0.29) is 40.2 Å². The minimum absolute atomic E-state index is 0.0110. The molecule has 3 aromatic rings. The van der Waals surface area contributed by atoms with Crippen molar-refractivity contribution in [2.24, 2.45) is 0 Å². The first-order valence-electron chi connectivity index (χ1n) is 8.86. The minimum Gasteiger partial charge on any atom is -0.507 e. The zero-order valence-corrected chi connectivity index (χ0v) is 16.6. The van der Waals surface area contributed by atoms with Crippen LogP contribution in [0.3, 0.4) is 0 Å². The predicted octanol–water partition coefficient (Wildman–Crippen LogP) is 4.10. The Kier molecular flexibility index (Phi) is 5.41. The highest BCUT2D eigenvalue weighted by atomic mass is 16.5. The normalized spacial score (nSPS) is 10.8. The highest BCUT2D eigenvalue weighted by Crippen LogP contribution is 2.44. The van der Waals surface area contributed by atoms with Crippen molar-refractivity contribution in [3.8, 4) is 39.9 Å². The third kappa shape index (κ3) is 3.59. The van der Waals surface area contributed by atoms with E-state index in [1.807, 2.05) is 19.9 Å². The van der Waals surface area contributed by atoms with Gasteiger partial charge in [-0.25, -0.2) is 0 Å². The largest absolute Gasteiger partial charge is 0.507 e. The number of benzene rings is 2. The lowest BCUT2D eigenvalue weighted by molar-refractivity contribution is 0.349. The van der Waals surface area contributed by atoms with Crippen molar-refractivity contribution in [3.05, 3.63) is 51.9 Å². The molecule has 2 aromatic carbocycles. The Morgan fingerprint density at radius 1 is 1.03 bits per heavy atom. The molecular formula is C22H22O7. The second kappa shape index (κ2) is 7.79. The molecule has 0 amide bonds. The van der Waals surface area contributed by atoms with Gasteiger partial charge in [0.2, 0.25) is 11.2 Å². The average molecular weight is 398 g/mol. The molecule has 0 saturated heterocycles. The van der Waals surface area contributed by atoms with Crippen LogP contribution in [-0.2, 0) is 6.42 Å². The second-order valence-electron chi connectivity index (χ2n) is 6.79. The van der Waals surface area contributed by atoms with Crippen molar-refractivity contribution in [2.75, 3.05) is 14.2 Å². The number of phenolic OH excluding ortho intramolecular Hbond substituents is 3. The van der Waals surface area contributed by atoms with Crippen molar-refractivity contribution in [1.29, 1.82) is 0 Å². The first-order valence-corrected chi connectivity index (χ1v) is 8.86. The molecule has 0 bridgehead atoms. The maximum atomic E-state index is 13.2. The summed E-state index contributed by atoms with van der Waals surface area (Å²) >= 11 is 0. The molecule has 0 aliphatic rings. The minimum atomic E-state index is -0.489. The summed E-state index contributed by atoms with van der Waals surface area (Å²) in [5.74, 6) is -0.715. The van der Waals surface area contributed by atoms with Gasteiger partial charge in [-0.05, 0) is 31.9 Å². The molecule has 0 radical (unpaired) electrons. The van der Waals surface area contributed by atoms with Crippen LogP contribution >= 0.6 is 0 Å². The molecule has 0 aliphatic heterocycles. The fraction of sp³-hybridized carbons (Fsp3) is 0.227. The summed E-state index contributed by atoms with van der Waals surface area (Å²) < 4.78 is 15.8. The summed E-state index contributed by atoms with van der Waals surface area (Å²) in [6.07, 6.45) is 3.38. The summed E-state index contributed by atoms with van der Waals surface area (Å²) in [6, 6.07) is 4.28. The molecule has 29 heavy (non-hydrogen) atoms. The number of phenols is 3. The molecule has 1 heterocycles. The molecule has 0 aliphatic carbocycles. The van der Waals surface area contributed by atoms with Crippen LogP contribution in [0.2, 0.25) is 0 Å². The van der Waals surface area contributed by atoms with Crippen LogP contribution in [0.1, 0.15) is 19.4 Å². The van der Waals surface area contributed by atoms with Gasteiger partial charge in [0, 0.05) is 17.7 Å². The fourth-order valence-electron chi connectivity index (χ4n) is 3.09. The maximum Gasteiger partial charge on any atom is 0.204 e. The number of hydrogen-bond acceptors (Lipinski definition) is 7. The van der Waals surface area contributed by atoms with E-state index in [4.69, 9.17) is 13.9 Å². The van der Waals surface area contributed by atoms with Gasteiger partial charge in [-0.2, -0.15) is 0 Å². The Balaban J connectivity index is 2.35. The number of methoxy groups -OCH3 is 2.